The maximum Gasteiger partial charge on any atom is 0.302 e. The second kappa shape index (κ2) is 9.31. The number of anilines is 2. The summed E-state index contributed by atoms with van der Waals surface area (Å²) in [5.41, 5.74) is 6.47. The first-order valence-corrected chi connectivity index (χ1v) is 9.79. The highest BCUT2D eigenvalue weighted by Gasteiger charge is 2.14. The average molecular weight is 453 g/mol. The van der Waals surface area contributed by atoms with E-state index in [0.29, 0.717) is 27.6 Å². The number of ether oxygens (including phenoxy) is 1. The molecule has 0 saturated carbocycles. The molecule has 11 heteroatoms. The van der Waals surface area contributed by atoms with Crippen molar-refractivity contribution in [2.24, 2.45) is 0 Å². The first-order chi connectivity index (χ1) is 15.5. The van der Waals surface area contributed by atoms with Gasteiger partial charge in [0, 0.05) is 11.2 Å². The molecule has 0 unspecified atom stereocenters. The number of carbonyl (C=O) groups excluding carboxylic acids is 2. The number of aromatic nitrogens is 3. The van der Waals surface area contributed by atoms with Gasteiger partial charge in [0.15, 0.2) is 12.2 Å². The molecular weight excluding hydrogens is 436 g/mol. The smallest absolute Gasteiger partial charge is 0.302 e. The molecule has 4 rings (SSSR count). The number of carbonyl (C=O) groups is 2. The highest BCUT2D eigenvalue weighted by atomic mass is 35.5. The Bertz CT molecular complexity index is 1240. The Morgan fingerprint density at radius 3 is 2.59 bits per heavy atom. The SMILES string of the molecule is Cc1nc(Nc2nc3ccccc3o2)ncc1C(=O)NNC(=O)COc1ccc(Cl)cc1. The van der Waals surface area contributed by atoms with Crippen LogP contribution in [0.15, 0.2) is 59.1 Å². The highest BCUT2D eigenvalue weighted by molar-refractivity contribution is 6.30. The van der Waals surface area contributed by atoms with E-state index in [1.807, 2.05) is 18.2 Å². The van der Waals surface area contributed by atoms with Gasteiger partial charge < -0.3 is 9.15 Å². The Morgan fingerprint density at radius 2 is 1.84 bits per heavy atom. The van der Waals surface area contributed by atoms with E-state index < -0.39 is 11.8 Å². The average Bonchev–Trinajstić information content (AvgIpc) is 3.19. The summed E-state index contributed by atoms with van der Waals surface area (Å²) in [7, 11) is 0. The molecule has 0 radical (unpaired) electrons. The topological polar surface area (TPSA) is 131 Å². The number of amides is 2. The zero-order chi connectivity index (χ0) is 22.5. The molecule has 0 fully saturated rings. The van der Waals surface area contributed by atoms with E-state index in [1.54, 1.807) is 37.3 Å². The summed E-state index contributed by atoms with van der Waals surface area (Å²) < 4.78 is 10.9. The molecule has 0 bridgehead atoms. The molecule has 2 aromatic carbocycles. The number of nitrogens with zero attached hydrogens (tertiary/aromatic N) is 3. The zero-order valence-electron chi connectivity index (χ0n) is 16.8. The number of halogens is 1. The van der Waals surface area contributed by atoms with Crippen molar-refractivity contribution in [3.05, 3.63) is 71.0 Å². The third-order valence-electron chi connectivity index (χ3n) is 4.24. The van der Waals surface area contributed by atoms with Crippen molar-refractivity contribution in [2.45, 2.75) is 6.92 Å². The van der Waals surface area contributed by atoms with Gasteiger partial charge in [-0.2, -0.15) is 4.98 Å². The number of rotatable bonds is 6. The summed E-state index contributed by atoms with van der Waals surface area (Å²) in [6.45, 7) is 1.35. The summed E-state index contributed by atoms with van der Waals surface area (Å²) in [5, 5.41) is 3.42. The quantitative estimate of drug-likeness (QED) is 0.380. The molecule has 32 heavy (non-hydrogen) atoms. The van der Waals surface area contributed by atoms with Crippen molar-refractivity contribution in [2.75, 3.05) is 11.9 Å². The largest absolute Gasteiger partial charge is 0.484 e. The number of nitrogens with one attached hydrogen (secondary N) is 3. The lowest BCUT2D eigenvalue weighted by molar-refractivity contribution is -0.123. The third-order valence-corrected chi connectivity index (χ3v) is 4.49. The molecule has 10 nitrogen and oxygen atoms in total. The fourth-order valence-corrected chi connectivity index (χ4v) is 2.81. The standard InChI is InChI=1S/C21H17ClN6O4/c1-12-15(19(30)28-27-18(29)11-31-14-8-6-13(22)7-9-14)10-23-20(24-12)26-21-25-16-4-2-3-5-17(16)32-21/h2-10H,11H2,1H3,(H,27,29)(H,28,30)(H,23,24,25,26). The van der Waals surface area contributed by atoms with E-state index in [0.717, 1.165) is 0 Å². The monoisotopic (exact) mass is 452 g/mol. The fourth-order valence-electron chi connectivity index (χ4n) is 2.68. The molecule has 162 valence electrons. The van der Waals surface area contributed by atoms with Crippen LogP contribution in [0.25, 0.3) is 11.1 Å². The van der Waals surface area contributed by atoms with Crippen molar-refractivity contribution in [1.29, 1.82) is 0 Å². The van der Waals surface area contributed by atoms with Crippen LogP contribution in [0.3, 0.4) is 0 Å². The molecule has 2 heterocycles. The predicted molar refractivity (Wildman–Crippen MR) is 117 cm³/mol. The van der Waals surface area contributed by atoms with Gasteiger partial charge >= 0.3 is 6.01 Å². The first kappa shape index (κ1) is 21.1. The number of hydrogen-bond acceptors (Lipinski definition) is 8. The van der Waals surface area contributed by atoms with Gasteiger partial charge in [-0.1, -0.05) is 23.7 Å². The molecule has 0 atom stereocenters. The van der Waals surface area contributed by atoms with E-state index in [-0.39, 0.29) is 24.1 Å². The van der Waals surface area contributed by atoms with Crippen molar-refractivity contribution < 1.29 is 18.7 Å². The number of hydrogen-bond donors (Lipinski definition) is 3. The molecule has 2 amide bonds. The molecule has 2 aromatic heterocycles. The number of aryl methyl sites for hydroxylation is 1. The maximum atomic E-state index is 12.4. The molecule has 4 aromatic rings. The maximum absolute atomic E-state index is 12.4. The van der Waals surface area contributed by atoms with Crippen LogP contribution < -0.4 is 20.9 Å². The Hall–Kier alpha value is -4.18. The molecule has 0 aliphatic rings. The highest BCUT2D eigenvalue weighted by Crippen LogP contribution is 2.20. The van der Waals surface area contributed by atoms with Gasteiger partial charge in [0.25, 0.3) is 11.8 Å². The van der Waals surface area contributed by atoms with E-state index in [1.165, 1.54) is 6.20 Å². The van der Waals surface area contributed by atoms with Crippen LogP contribution in [0.2, 0.25) is 5.02 Å². The third kappa shape index (κ3) is 5.10. The number of hydrazine groups is 1. The van der Waals surface area contributed by atoms with Crippen molar-refractivity contribution in [3.63, 3.8) is 0 Å². The zero-order valence-corrected chi connectivity index (χ0v) is 17.5. The van der Waals surface area contributed by atoms with E-state index in [2.05, 4.69) is 31.1 Å². The van der Waals surface area contributed by atoms with E-state index in [9.17, 15) is 9.59 Å². The minimum Gasteiger partial charge on any atom is -0.484 e. The molecule has 0 saturated heterocycles. The summed E-state index contributed by atoms with van der Waals surface area (Å²) in [6.07, 6.45) is 1.33. The second-order valence-corrected chi connectivity index (χ2v) is 6.99. The number of oxazole rings is 1. The Morgan fingerprint density at radius 1 is 1.06 bits per heavy atom. The number of fused-ring (bicyclic) bond motifs is 1. The van der Waals surface area contributed by atoms with Crippen LogP contribution in [-0.2, 0) is 4.79 Å². The predicted octanol–water partition coefficient (Wildman–Crippen LogP) is 3.16. The van der Waals surface area contributed by atoms with Crippen molar-refractivity contribution in [1.82, 2.24) is 25.8 Å². The van der Waals surface area contributed by atoms with Crippen LogP contribution in [0.5, 0.6) is 5.75 Å². The number of para-hydroxylation sites is 2. The first-order valence-electron chi connectivity index (χ1n) is 9.42. The van der Waals surface area contributed by atoms with Crippen molar-refractivity contribution >= 4 is 46.5 Å². The lowest BCUT2D eigenvalue weighted by Gasteiger charge is -2.10. The van der Waals surface area contributed by atoms with Gasteiger partial charge in [0.1, 0.15) is 11.3 Å². The molecule has 0 aliphatic carbocycles. The van der Waals surface area contributed by atoms with Gasteiger partial charge in [-0.05, 0) is 43.3 Å². The molecular formula is C21H17ClN6O4. The van der Waals surface area contributed by atoms with Crippen molar-refractivity contribution in [3.8, 4) is 5.75 Å². The van der Waals surface area contributed by atoms with Crippen LogP contribution in [0, 0.1) is 6.92 Å². The minimum atomic E-state index is -0.573. The normalized spacial score (nSPS) is 10.6. The summed E-state index contributed by atoms with van der Waals surface area (Å²) in [4.78, 5) is 36.9. The summed E-state index contributed by atoms with van der Waals surface area (Å²) in [6, 6.07) is 14.1. The van der Waals surface area contributed by atoms with Crippen LogP contribution in [-0.4, -0.2) is 33.4 Å². The minimum absolute atomic E-state index is 0.187. The lowest BCUT2D eigenvalue weighted by Crippen LogP contribution is -2.44. The molecule has 0 aliphatic heterocycles. The molecule has 3 N–H and O–H groups in total. The summed E-state index contributed by atoms with van der Waals surface area (Å²) >= 11 is 5.79. The lowest BCUT2D eigenvalue weighted by atomic mass is 10.2. The summed E-state index contributed by atoms with van der Waals surface area (Å²) in [5.74, 6) is -0.426. The van der Waals surface area contributed by atoms with Crippen LogP contribution >= 0.6 is 11.6 Å². The Kier molecular flexibility index (Phi) is 6.13. The fraction of sp³-hybridized carbons (Fsp3) is 0.0952. The van der Waals surface area contributed by atoms with Gasteiger partial charge in [0.2, 0.25) is 5.95 Å². The Labute approximate surface area is 186 Å². The van der Waals surface area contributed by atoms with E-state index in [4.69, 9.17) is 20.8 Å². The van der Waals surface area contributed by atoms with Crippen LogP contribution in [0.4, 0.5) is 12.0 Å². The van der Waals surface area contributed by atoms with Crippen LogP contribution in [0.1, 0.15) is 16.1 Å². The second-order valence-electron chi connectivity index (χ2n) is 6.55. The van der Waals surface area contributed by atoms with Gasteiger partial charge in [-0.25, -0.2) is 9.97 Å². The number of benzene rings is 2. The Balaban J connectivity index is 1.31. The van der Waals surface area contributed by atoms with Gasteiger partial charge in [-0.3, -0.25) is 25.8 Å². The van der Waals surface area contributed by atoms with Gasteiger partial charge in [-0.15, -0.1) is 0 Å². The van der Waals surface area contributed by atoms with E-state index >= 15 is 0 Å². The molecule has 0 spiro atoms. The van der Waals surface area contributed by atoms with Gasteiger partial charge in [0.05, 0.1) is 11.3 Å².